The number of nitrogens with one attached hydrogen (secondary N) is 1. The predicted octanol–water partition coefficient (Wildman–Crippen LogP) is 3.77. The van der Waals surface area contributed by atoms with Crippen LogP contribution in [-0.2, 0) is 0 Å². The first-order valence-corrected chi connectivity index (χ1v) is 7.78. The molecule has 0 amide bonds. The van der Waals surface area contributed by atoms with E-state index in [-0.39, 0.29) is 0 Å². The third-order valence-corrected chi connectivity index (χ3v) is 4.75. The van der Waals surface area contributed by atoms with Gasteiger partial charge < -0.3 is 5.32 Å². The highest BCUT2D eigenvalue weighted by molar-refractivity contribution is 7.10. The second kappa shape index (κ2) is 7.27. The minimum absolute atomic E-state index is 0.365. The van der Waals surface area contributed by atoms with E-state index in [1.165, 1.54) is 17.7 Å². The van der Waals surface area contributed by atoms with Gasteiger partial charge in [-0.3, -0.25) is 4.90 Å². The molecular formula is C15H28N2S. The maximum atomic E-state index is 3.35. The van der Waals surface area contributed by atoms with Crippen LogP contribution in [0.25, 0.3) is 0 Å². The Kier molecular flexibility index (Phi) is 6.33. The monoisotopic (exact) mass is 268 g/mol. The first kappa shape index (κ1) is 15.7. The fourth-order valence-corrected chi connectivity index (χ4v) is 3.59. The van der Waals surface area contributed by atoms with E-state index >= 15 is 0 Å². The molecule has 1 aromatic rings. The Bertz CT molecular complexity index is 315. The van der Waals surface area contributed by atoms with Crippen molar-refractivity contribution in [3.63, 3.8) is 0 Å². The summed E-state index contributed by atoms with van der Waals surface area (Å²) in [6.45, 7) is 9.20. The molecular weight excluding hydrogens is 240 g/mol. The molecule has 1 heterocycles. The molecule has 2 nitrogen and oxygen atoms in total. The van der Waals surface area contributed by atoms with Gasteiger partial charge in [0.2, 0.25) is 0 Å². The van der Waals surface area contributed by atoms with Crippen molar-refractivity contribution in [3.05, 3.63) is 22.4 Å². The van der Waals surface area contributed by atoms with E-state index in [0.717, 1.165) is 13.1 Å². The Labute approximate surface area is 116 Å². The highest BCUT2D eigenvalue weighted by atomic mass is 32.1. The van der Waals surface area contributed by atoms with E-state index < -0.39 is 0 Å². The van der Waals surface area contributed by atoms with Gasteiger partial charge in [0, 0.05) is 24.0 Å². The average Bonchev–Trinajstić information content (AvgIpc) is 2.81. The fourth-order valence-electron chi connectivity index (χ4n) is 2.74. The molecule has 0 spiro atoms. The zero-order valence-corrected chi connectivity index (χ0v) is 13.3. The largest absolute Gasteiger partial charge is 0.319 e. The zero-order valence-electron chi connectivity index (χ0n) is 12.5. The Morgan fingerprint density at radius 2 is 2.22 bits per heavy atom. The van der Waals surface area contributed by atoms with Gasteiger partial charge in [0.05, 0.1) is 0 Å². The third kappa shape index (κ3) is 4.38. The van der Waals surface area contributed by atoms with E-state index in [2.05, 4.69) is 62.6 Å². The second-order valence-electron chi connectivity index (χ2n) is 5.70. The minimum Gasteiger partial charge on any atom is -0.319 e. The summed E-state index contributed by atoms with van der Waals surface area (Å²) in [7, 11) is 4.30. The van der Waals surface area contributed by atoms with Crippen LogP contribution in [0.15, 0.2) is 17.5 Å². The zero-order chi connectivity index (χ0) is 13.6. The molecule has 18 heavy (non-hydrogen) atoms. The van der Waals surface area contributed by atoms with E-state index in [4.69, 9.17) is 0 Å². The van der Waals surface area contributed by atoms with E-state index in [9.17, 15) is 0 Å². The van der Waals surface area contributed by atoms with Gasteiger partial charge in [0.15, 0.2) is 0 Å². The van der Waals surface area contributed by atoms with E-state index in [1.54, 1.807) is 0 Å². The lowest BCUT2D eigenvalue weighted by Gasteiger charge is -2.36. The topological polar surface area (TPSA) is 15.3 Å². The van der Waals surface area contributed by atoms with Gasteiger partial charge in [0.25, 0.3) is 0 Å². The summed E-state index contributed by atoms with van der Waals surface area (Å²) < 4.78 is 0. The number of thiophene rings is 1. The van der Waals surface area contributed by atoms with Crippen LogP contribution in [0.4, 0.5) is 0 Å². The SMILES string of the molecule is CCCC(C)(CNC)CN(C)C(C)c1cccs1. The lowest BCUT2D eigenvalue weighted by molar-refractivity contribution is 0.145. The van der Waals surface area contributed by atoms with E-state index in [1.807, 2.05) is 11.3 Å². The lowest BCUT2D eigenvalue weighted by atomic mass is 9.84. The number of nitrogens with zero attached hydrogens (tertiary/aromatic N) is 1. The summed E-state index contributed by atoms with van der Waals surface area (Å²) in [5.74, 6) is 0. The second-order valence-corrected chi connectivity index (χ2v) is 6.68. The van der Waals surface area contributed by atoms with Gasteiger partial charge in [-0.15, -0.1) is 11.3 Å². The summed E-state index contributed by atoms with van der Waals surface area (Å²) in [4.78, 5) is 3.94. The highest BCUT2D eigenvalue weighted by Gasteiger charge is 2.26. The molecule has 0 radical (unpaired) electrons. The molecule has 0 aromatic carbocycles. The van der Waals surface area contributed by atoms with Crippen molar-refractivity contribution in [1.82, 2.24) is 10.2 Å². The molecule has 0 saturated carbocycles. The summed E-state index contributed by atoms with van der Waals surface area (Å²) >= 11 is 1.85. The molecule has 3 heteroatoms. The minimum atomic E-state index is 0.365. The lowest BCUT2D eigenvalue weighted by Crippen LogP contribution is -2.40. The van der Waals surface area contributed by atoms with Crippen LogP contribution >= 0.6 is 11.3 Å². The van der Waals surface area contributed by atoms with Crippen molar-refractivity contribution < 1.29 is 0 Å². The van der Waals surface area contributed by atoms with Gasteiger partial charge >= 0.3 is 0 Å². The van der Waals surface area contributed by atoms with Crippen LogP contribution < -0.4 is 5.32 Å². The van der Waals surface area contributed by atoms with Crippen molar-refractivity contribution in [2.75, 3.05) is 27.2 Å². The van der Waals surface area contributed by atoms with Crippen molar-refractivity contribution >= 4 is 11.3 Å². The third-order valence-electron chi connectivity index (χ3n) is 3.70. The number of rotatable bonds is 8. The average molecular weight is 268 g/mol. The maximum Gasteiger partial charge on any atom is 0.0410 e. The molecule has 0 aliphatic rings. The van der Waals surface area contributed by atoms with Crippen molar-refractivity contribution in [2.24, 2.45) is 5.41 Å². The van der Waals surface area contributed by atoms with Gasteiger partial charge in [-0.2, -0.15) is 0 Å². The number of hydrogen-bond acceptors (Lipinski definition) is 3. The smallest absolute Gasteiger partial charge is 0.0410 e. The van der Waals surface area contributed by atoms with Gasteiger partial charge in [-0.1, -0.05) is 26.3 Å². The summed E-state index contributed by atoms with van der Waals surface area (Å²) in [6.07, 6.45) is 2.52. The fraction of sp³-hybridized carbons (Fsp3) is 0.733. The Morgan fingerprint density at radius 1 is 1.50 bits per heavy atom. The quantitative estimate of drug-likeness (QED) is 0.772. The first-order chi connectivity index (χ1) is 8.52. The maximum absolute atomic E-state index is 3.35. The molecule has 0 aliphatic heterocycles. The Hall–Kier alpha value is -0.380. The highest BCUT2D eigenvalue weighted by Crippen LogP contribution is 2.29. The van der Waals surface area contributed by atoms with E-state index in [0.29, 0.717) is 11.5 Å². The number of hydrogen-bond donors (Lipinski definition) is 1. The van der Waals surface area contributed by atoms with Crippen LogP contribution in [0.5, 0.6) is 0 Å². The summed E-state index contributed by atoms with van der Waals surface area (Å²) in [6, 6.07) is 4.89. The van der Waals surface area contributed by atoms with Crippen molar-refractivity contribution in [3.8, 4) is 0 Å². The first-order valence-electron chi connectivity index (χ1n) is 6.90. The Morgan fingerprint density at radius 3 is 2.72 bits per heavy atom. The van der Waals surface area contributed by atoms with Gasteiger partial charge in [0.1, 0.15) is 0 Å². The van der Waals surface area contributed by atoms with Crippen LogP contribution in [0.3, 0.4) is 0 Å². The summed E-state index contributed by atoms with van der Waals surface area (Å²) in [5, 5.41) is 5.51. The van der Waals surface area contributed by atoms with Crippen LogP contribution in [0.1, 0.15) is 44.5 Å². The standard InChI is InChI=1S/C15H28N2S/c1-6-9-15(3,11-16-4)12-17(5)13(2)14-8-7-10-18-14/h7-8,10,13,16H,6,9,11-12H2,1-5H3. The molecule has 1 aromatic heterocycles. The molecule has 1 N–H and O–H groups in total. The Balaban J connectivity index is 2.63. The predicted molar refractivity (Wildman–Crippen MR) is 82.3 cm³/mol. The molecule has 0 saturated heterocycles. The van der Waals surface area contributed by atoms with Crippen LogP contribution in [0, 0.1) is 5.41 Å². The van der Waals surface area contributed by atoms with Gasteiger partial charge in [-0.05, 0) is 44.3 Å². The molecule has 1 rings (SSSR count). The van der Waals surface area contributed by atoms with Crippen molar-refractivity contribution in [1.29, 1.82) is 0 Å². The molecule has 2 unspecified atom stereocenters. The van der Waals surface area contributed by atoms with Gasteiger partial charge in [-0.25, -0.2) is 0 Å². The molecule has 0 aliphatic carbocycles. The molecule has 0 fully saturated rings. The van der Waals surface area contributed by atoms with Crippen LogP contribution in [0.2, 0.25) is 0 Å². The van der Waals surface area contributed by atoms with Crippen molar-refractivity contribution in [2.45, 2.75) is 39.7 Å². The summed E-state index contributed by atoms with van der Waals surface area (Å²) in [5.41, 5.74) is 0.365. The molecule has 104 valence electrons. The normalized spacial score (nSPS) is 16.8. The molecule has 2 atom stereocenters. The van der Waals surface area contributed by atoms with Crippen LogP contribution in [-0.4, -0.2) is 32.1 Å². The molecule has 0 bridgehead atoms.